The maximum Gasteiger partial charge on any atom is 0.173 e. The molecule has 1 atom stereocenters. The van der Waals surface area contributed by atoms with Crippen LogP contribution in [0.4, 0.5) is 0 Å². The van der Waals surface area contributed by atoms with Gasteiger partial charge in [0, 0.05) is 25.8 Å². The molecule has 1 rings (SSSR count). The molecule has 1 aromatic rings. The van der Waals surface area contributed by atoms with Gasteiger partial charge in [0.1, 0.15) is 0 Å². The van der Waals surface area contributed by atoms with Gasteiger partial charge in [-0.3, -0.25) is 4.90 Å². The first-order valence-corrected chi connectivity index (χ1v) is 8.15. The average molecular weight is 328 g/mol. The Balaban J connectivity index is 2.69. The minimum atomic E-state index is 0.305. The van der Waals surface area contributed by atoms with Crippen molar-refractivity contribution in [2.24, 2.45) is 0 Å². The highest BCUT2D eigenvalue weighted by atomic mass is 17.2. The Morgan fingerprint density at radius 1 is 1.25 bits per heavy atom. The highest BCUT2D eigenvalue weighted by Crippen LogP contribution is 2.10. The zero-order valence-corrected chi connectivity index (χ0v) is 15.2. The van der Waals surface area contributed by atoms with E-state index in [1.165, 1.54) is 17.4 Å². The molecule has 1 unspecified atom stereocenters. The number of rotatable bonds is 10. The fourth-order valence-corrected chi connectivity index (χ4v) is 2.30. The molecule has 0 N–H and O–H groups in total. The number of benzene rings is 1. The van der Waals surface area contributed by atoms with E-state index in [1.807, 2.05) is 20.2 Å². The van der Waals surface area contributed by atoms with Gasteiger partial charge in [-0.25, -0.2) is 0 Å². The van der Waals surface area contributed by atoms with Gasteiger partial charge >= 0.3 is 0 Å². The van der Waals surface area contributed by atoms with Gasteiger partial charge < -0.3 is 9.79 Å². The monoisotopic (exact) mass is 328 g/mol. The summed E-state index contributed by atoms with van der Waals surface area (Å²) < 4.78 is 0. The van der Waals surface area contributed by atoms with E-state index in [-0.39, 0.29) is 0 Å². The summed E-state index contributed by atoms with van der Waals surface area (Å²) in [6, 6.07) is 8.95. The van der Waals surface area contributed by atoms with E-state index in [4.69, 9.17) is 16.2 Å². The molecule has 4 heteroatoms. The number of hydrogen-bond donors (Lipinski definition) is 0. The molecular formula is C20H28N2O2. The lowest BCUT2D eigenvalue weighted by Crippen LogP contribution is -2.41. The quantitative estimate of drug-likeness (QED) is 0.165. The molecule has 1 aromatic carbocycles. The van der Waals surface area contributed by atoms with E-state index < -0.39 is 0 Å². The molecule has 0 bridgehead atoms. The van der Waals surface area contributed by atoms with E-state index >= 15 is 0 Å². The highest BCUT2D eigenvalue weighted by molar-refractivity contribution is 5.22. The number of likely N-dealkylation sites (N-methyl/N-ethyl adjacent to an activating group) is 2. The summed E-state index contributed by atoms with van der Waals surface area (Å²) in [6.45, 7) is 5.92. The second kappa shape index (κ2) is 11.4. The first kappa shape index (κ1) is 19.9. The zero-order valence-electron chi connectivity index (χ0n) is 15.2. The summed E-state index contributed by atoms with van der Waals surface area (Å²) in [6.07, 6.45) is 9.66. The molecule has 0 saturated heterocycles. The third-order valence-electron chi connectivity index (χ3n) is 3.65. The van der Waals surface area contributed by atoms with Crippen LogP contribution in [0.3, 0.4) is 0 Å². The molecule has 0 aromatic heterocycles. The molecule has 0 saturated carbocycles. The minimum absolute atomic E-state index is 0.305. The van der Waals surface area contributed by atoms with E-state index in [1.54, 1.807) is 0 Å². The van der Waals surface area contributed by atoms with Crippen LogP contribution in [0.2, 0.25) is 0 Å². The van der Waals surface area contributed by atoms with Crippen LogP contribution in [-0.4, -0.2) is 49.6 Å². The molecule has 0 aliphatic heterocycles. The van der Waals surface area contributed by atoms with Crippen molar-refractivity contribution in [1.82, 2.24) is 9.80 Å². The van der Waals surface area contributed by atoms with E-state index in [0.717, 1.165) is 13.0 Å². The fourth-order valence-electron chi connectivity index (χ4n) is 2.30. The Kier molecular flexibility index (Phi) is 9.41. The van der Waals surface area contributed by atoms with Gasteiger partial charge in [-0.2, -0.15) is 4.89 Å². The molecule has 24 heavy (non-hydrogen) atoms. The third-order valence-corrected chi connectivity index (χ3v) is 3.65. The third kappa shape index (κ3) is 7.89. The smallest absolute Gasteiger partial charge is 0.173 e. The SMILES string of the molecule is C#CCN(C)C(Cc1ccc(C)cc1)CN(C)C=C=COOCC. The molecule has 0 heterocycles. The molecule has 0 radical (unpaired) electrons. The molecule has 4 nitrogen and oxygen atoms in total. The molecule has 0 aliphatic carbocycles. The van der Waals surface area contributed by atoms with Crippen molar-refractivity contribution >= 4 is 0 Å². The van der Waals surface area contributed by atoms with Crippen molar-refractivity contribution < 1.29 is 9.78 Å². The van der Waals surface area contributed by atoms with Crippen LogP contribution in [0.1, 0.15) is 18.1 Å². The largest absolute Gasteiger partial charge is 0.373 e. The van der Waals surface area contributed by atoms with Crippen molar-refractivity contribution in [3.63, 3.8) is 0 Å². The summed E-state index contributed by atoms with van der Waals surface area (Å²) in [5.74, 6) is 2.72. The molecule has 0 fully saturated rings. The van der Waals surface area contributed by atoms with Crippen LogP contribution in [-0.2, 0) is 16.2 Å². The standard InChI is InChI=1S/C20H28N2O2/c1-6-13-22(5)20(16-19-11-9-18(3)10-12-19)17-21(4)14-8-15-24-23-7-2/h1,9-12,14-15,20H,7,13,16-17H2,2-5H3. The Morgan fingerprint density at radius 2 is 1.96 bits per heavy atom. The first-order valence-electron chi connectivity index (χ1n) is 8.15. The van der Waals surface area contributed by atoms with Gasteiger partial charge in [0.25, 0.3) is 0 Å². The second-order valence-electron chi connectivity index (χ2n) is 5.82. The van der Waals surface area contributed by atoms with Crippen molar-refractivity contribution in [2.75, 3.05) is 33.8 Å². The van der Waals surface area contributed by atoms with Gasteiger partial charge in [-0.1, -0.05) is 41.5 Å². The number of nitrogens with zero attached hydrogens (tertiary/aromatic N) is 2. The normalized spacial score (nSPS) is 11.3. The van der Waals surface area contributed by atoms with Gasteiger partial charge in [-0.15, -0.1) is 6.42 Å². The average Bonchev–Trinajstić information content (AvgIpc) is 2.56. The summed E-state index contributed by atoms with van der Waals surface area (Å²) in [5.41, 5.74) is 5.52. The van der Waals surface area contributed by atoms with Crippen LogP contribution < -0.4 is 0 Å². The summed E-state index contributed by atoms with van der Waals surface area (Å²) in [7, 11) is 4.07. The van der Waals surface area contributed by atoms with Crippen molar-refractivity contribution in [3.8, 4) is 12.3 Å². The molecule has 0 amide bonds. The van der Waals surface area contributed by atoms with Gasteiger partial charge in [0.05, 0.1) is 13.2 Å². The van der Waals surface area contributed by atoms with Crippen LogP contribution >= 0.6 is 0 Å². The van der Waals surface area contributed by atoms with E-state index in [9.17, 15) is 0 Å². The number of hydrogen-bond acceptors (Lipinski definition) is 4. The fraction of sp³-hybridized carbons (Fsp3) is 0.450. The Hall–Kier alpha value is -2.18. The first-order chi connectivity index (χ1) is 11.6. The van der Waals surface area contributed by atoms with Crippen LogP contribution in [0.25, 0.3) is 0 Å². The number of aryl methyl sites for hydroxylation is 1. The van der Waals surface area contributed by atoms with Crippen LogP contribution in [0.15, 0.2) is 42.5 Å². The summed E-state index contributed by atoms with van der Waals surface area (Å²) >= 11 is 0. The van der Waals surface area contributed by atoms with Crippen molar-refractivity contribution in [1.29, 1.82) is 0 Å². The van der Waals surface area contributed by atoms with Gasteiger partial charge in [0.2, 0.25) is 0 Å². The van der Waals surface area contributed by atoms with Gasteiger partial charge in [-0.05, 0) is 32.9 Å². The minimum Gasteiger partial charge on any atom is -0.373 e. The summed E-state index contributed by atoms with van der Waals surface area (Å²) in [4.78, 5) is 13.8. The number of terminal acetylenes is 1. The topological polar surface area (TPSA) is 24.9 Å². The maximum atomic E-state index is 5.48. The predicted molar refractivity (Wildman–Crippen MR) is 98.1 cm³/mol. The van der Waals surface area contributed by atoms with Crippen molar-refractivity contribution in [2.45, 2.75) is 26.3 Å². The Labute approximate surface area is 146 Å². The Bertz CT molecular complexity index is 568. The van der Waals surface area contributed by atoms with Crippen molar-refractivity contribution in [3.05, 3.63) is 53.6 Å². The van der Waals surface area contributed by atoms with Gasteiger partial charge in [0.15, 0.2) is 6.26 Å². The molecule has 130 valence electrons. The summed E-state index contributed by atoms with van der Waals surface area (Å²) in [5, 5.41) is 0. The molecule has 0 spiro atoms. The molecular weight excluding hydrogens is 300 g/mol. The zero-order chi connectivity index (χ0) is 17.8. The van der Waals surface area contributed by atoms with Crippen LogP contribution in [0.5, 0.6) is 0 Å². The highest BCUT2D eigenvalue weighted by Gasteiger charge is 2.16. The molecule has 0 aliphatic rings. The lowest BCUT2D eigenvalue weighted by molar-refractivity contribution is -0.244. The van der Waals surface area contributed by atoms with Crippen LogP contribution in [0, 0.1) is 19.3 Å². The predicted octanol–water partition coefficient (Wildman–Crippen LogP) is 3.00. The van der Waals surface area contributed by atoms with E-state index in [0.29, 0.717) is 19.2 Å². The lowest BCUT2D eigenvalue weighted by atomic mass is 10.0. The lowest BCUT2D eigenvalue weighted by Gasteiger charge is -2.30. The maximum absolute atomic E-state index is 5.48. The Morgan fingerprint density at radius 3 is 2.58 bits per heavy atom. The second-order valence-corrected chi connectivity index (χ2v) is 5.82. The van der Waals surface area contributed by atoms with E-state index in [2.05, 4.69) is 59.7 Å².